The third-order valence-electron chi connectivity index (χ3n) is 1.70. The van der Waals surface area contributed by atoms with Crippen LogP contribution < -0.4 is 0 Å². The summed E-state index contributed by atoms with van der Waals surface area (Å²) in [7, 11) is 0. The summed E-state index contributed by atoms with van der Waals surface area (Å²) in [5, 5.41) is 17.2. The van der Waals surface area contributed by atoms with Crippen molar-refractivity contribution in [3.05, 3.63) is 26.6 Å². The first kappa shape index (κ1) is 12.8. The van der Waals surface area contributed by atoms with E-state index >= 15 is 0 Å². The molecule has 0 aliphatic heterocycles. The van der Waals surface area contributed by atoms with Crippen LogP contribution in [-0.4, -0.2) is 16.1 Å². The zero-order valence-electron chi connectivity index (χ0n) is 7.75. The minimum absolute atomic E-state index is 0.0196. The summed E-state index contributed by atoms with van der Waals surface area (Å²) >= 11 is 1.70. The minimum Gasteiger partial charge on any atom is -0.481 e. The van der Waals surface area contributed by atoms with Crippen molar-refractivity contribution in [1.29, 1.82) is 5.26 Å². The molecule has 0 atom stereocenters. The van der Waals surface area contributed by atoms with Gasteiger partial charge in [0.2, 0.25) is 0 Å². The van der Waals surface area contributed by atoms with Crippen molar-refractivity contribution in [2.45, 2.75) is 12.8 Å². The quantitative estimate of drug-likeness (QED) is 0.857. The van der Waals surface area contributed by atoms with Crippen LogP contribution in [0.5, 0.6) is 0 Å². The van der Waals surface area contributed by atoms with E-state index in [1.807, 2.05) is 0 Å². The first-order valence-corrected chi connectivity index (χ1v) is 5.13. The van der Waals surface area contributed by atoms with E-state index < -0.39 is 24.5 Å². The van der Waals surface area contributed by atoms with Crippen LogP contribution in [0.4, 0.5) is 8.78 Å². The molecule has 0 radical (unpaired) electrons. The number of alkyl halides is 2. The molecule has 0 aromatic carbocycles. The van der Waals surface area contributed by atoms with E-state index in [1.54, 1.807) is 28.7 Å². The fourth-order valence-electron chi connectivity index (χ4n) is 1.10. The number of hydrogen-bond acceptors (Lipinski definition) is 3. The van der Waals surface area contributed by atoms with E-state index in [1.165, 1.54) is 6.07 Å². The molecular formula is C9H5F2IN2O2. The van der Waals surface area contributed by atoms with Crippen LogP contribution in [-0.2, 0) is 11.2 Å². The Bertz CT molecular complexity index is 471. The second-order valence-corrected chi connectivity index (χ2v) is 4.00. The van der Waals surface area contributed by atoms with Crippen molar-refractivity contribution in [3.63, 3.8) is 0 Å². The molecule has 0 fully saturated rings. The molecule has 7 heteroatoms. The van der Waals surface area contributed by atoms with Crippen molar-refractivity contribution in [3.8, 4) is 6.07 Å². The SMILES string of the molecule is N#Cc1c(I)cc(CC(=O)O)nc1C(F)F. The molecule has 0 aliphatic carbocycles. The number of carboxylic acid groups (broad SMARTS) is 1. The maximum Gasteiger partial charge on any atom is 0.309 e. The van der Waals surface area contributed by atoms with Crippen molar-refractivity contribution in [2.75, 3.05) is 0 Å². The van der Waals surface area contributed by atoms with E-state index in [4.69, 9.17) is 10.4 Å². The Kier molecular flexibility index (Phi) is 4.12. The summed E-state index contributed by atoms with van der Waals surface area (Å²) < 4.78 is 25.4. The molecule has 4 nitrogen and oxygen atoms in total. The van der Waals surface area contributed by atoms with Crippen LogP contribution in [0.1, 0.15) is 23.4 Å². The average Bonchev–Trinajstić information content (AvgIpc) is 2.15. The van der Waals surface area contributed by atoms with E-state index in [0.29, 0.717) is 0 Å². The zero-order valence-corrected chi connectivity index (χ0v) is 9.90. The Morgan fingerprint density at radius 1 is 1.69 bits per heavy atom. The summed E-state index contributed by atoms with van der Waals surface area (Å²) in [5.41, 5.74) is -0.846. The Morgan fingerprint density at radius 3 is 2.75 bits per heavy atom. The van der Waals surface area contributed by atoms with Crippen molar-refractivity contribution in [2.24, 2.45) is 0 Å². The molecule has 1 aromatic rings. The van der Waals surface area contributed by atoms with Gasteiger partial charge in [0.1, 0.15) is 11.8 Å². The fraction of sp³-hybridized carbons (Fsp3) is 0.222. The van der Waals surface area contributed by atoms with Gasteiger partial charge < -0.3 is 5.11 Å². The van der Waals surface area contributed by atoms with Gasteiger partial charge in [0, 0.05) is 3.57 Å². The van der Waals surface area contributed by atoms with Crippen LogP contribution in [0.3, 0.4) is 0 Å². The molecule has 0 saturated heterocycles. The molecule has 84 valence electrons. The van der Waals surface area contributed by atoms with Gasteiger partial charge in [-0.2, -0.15) is 5.26 Å². The molecule has 1 aromatic heterocycles. The standard InChI is InChI=1S/C9H5F2IN2O2/c10-9(11)8-5(3-13)6(12)1-4(14-8)2-7(15)16/h1,9H,2H2,(H,15,16). The lowest BCUT2D eigenvalue weighted by atomic mass is 10.1. The third-order valence-corrected chi connectivity index (χ3v) is 2.55. The average molecular weight is 338 g/mol. The normalized spacial score (nSPS) is 10.2. The molecule has 16 heavy (non-hydrogen) atoms. The minimum atomic E-state index is -2.89. The molecule has 0 aliphatic rings. The maximum atomic E-state index is 12.5. The number of carbonyl (C=O) groups is 1. The second-order valence-electron chi connectivity index (χ2n) is 2.84. The summed E-state index contributed by atoms with van der Waals surface area (Å²) in [6.07, 6.45) is -3.33. The van der Waals surface area contributed by atoms with Gasteiger partial charge in [-0.05, 0) is 28.7 Å². The Hall–Kier alpha value is -1.30. The number of aromatic nitrogens is 1. The van der Waals surface area contributed by atoms with Crippen LogP contribution in [0, 0.1) is 14.9 Å². The molecule has 0 saturated carbocycles. The molecule has 0 spiro atoms. The van der Waals surface area contributed by atoms with Crippen LogP contribution in [0.25, 0.3) is 0 Å². The maximum absolute atomic E-state index is 12.5. The number of hydrogen-bond donors (Lipinski definition) is 1. The monoisotopic (exact) mass is 338 g/mol. The van der Waals surface area contributed by atoms with Gasteiger partial charge in [0.15, 0.2) is 0 Å². The summed E-state index contributed by atoms with van der Waals surface area (Å²) in [4.78, 5) is 13.9. The molecule has 1 rings (SSSR count). The van der Waals surface area contributed by atoms with Gasteiger partial charge >= 0.3 is 5.97 Å². The highest BCUT2D eigenvalue weighted by Gasteiger charge is 2.19. The Labute approximate surface area is 103 Å². The van der Waals surface area contributed by atoms with Crippen molar-refractivity contribution < 1.29 is 18.7 Å². The number of nitrogens with zero attached hydrogens (tertiary/aromatic N) is 2. The van der Waals surface area contributed by atoms with Crippen LogP contribution in [0.15, 0.2) is 6.07 Å². The third kappa shape index (κ3) is 2.85. The number of carboxylic acids is 1. The summed E-state index contributed by atoms with van der Waals surface area (Å²) in [5.74, 6) is -1.16. The van der Waals surface area contributed by atoms with E-state index in [9.17, 15) is 13.6 Å². The van der Waals surface area contributed by atoms with Crippen molar-refractivity contribution >= 4 is 28.6 Å². The largest absolute Gasteiger partial charge is 0.481 e. The Morgan fingerprint density at radius 2 is 2.31 bits per heavy atom. The van der Waals surface area contributed by atoms with Gasteiger partial charge in [-0.25, -0.2) is 13.8 Å². The highest BCUT2D eigenvalue weighted by atomic mass is 127. The lowest BCUT2D eigenvalue weighted by Crippen LogP contribution is -2.07. The van der Waals surface area contributed by atoms with Gasteiger partial charge in [-0.3, -0.25) is 4.79 Å². The molecule has 1 N–H and O–H groups in total. The summed E-state index contributed by atoms with van der Waals surface area (Å²) in [6, 6.07) is 2.95. The van der Waals surface area contributed by atoms with Gasteiger partial charge in [-0.1, -0.05) is 0 Å². The zero-order chi connectivity index (χ0) is 12.3. The molecular weight excluding hydrogens is 333 g/mol. The summed E-state index contributed by atoms with van der Waals surface area (Å²) in [6.45, 7) is 0. The van der Waals surface area contributed by atoms with E-state index in [2.05, 4.69) is 4.98 Å². The molecule has 0 bridgehead atoms. The molecule has 0 amide bonds. The first-order valence-electron chi connectivity index (χ1n) is 4.05. The first-order chi connectivity index (χ1) is 7.45. The topological polar surface area (TPSA) is 74.0 Å². The number of nitriles is 1. The number of halogens is 3. The molecule has 0 unspecified atom stereocenters. The smallest absolute Gasteiger partial charge is 0.309 e. The second kappa shape index (κ2) is 5.16. The highest BCUT2D eigenvalue weighted by molar-refractivity contribution is 14.1. The predicted molar refractivity (Wildman–Crippen MR) is 58.0 cm³/mol. The van der Waals surface area contributed by atoms with E-state index in [0.717, 1.165) is 0 Å². The molecule has 1 heterocycles. The van der Waals surface area contributed by atoms with Gasteiger partial charge in [0.05, 0.1) is 17.7 Å². The lowest BCUT2D eigenvalue weighted by molar-refractivity contribution is -0.136. The Balaban J connectivity index is 3.29. The van der Waals surface area contributed by atoms with Crippen LogP contribution >= 0.6 is 22.6 Å². The highest BCUT2D eigenvalue weighted by Crippen LogP contribution is 2.25. The predicted octanol–water partition coefficient (Wildman–Crippen LogP) is 2.12. The number of pyridine rings is 1. The number of aliphatic carboxylic acids is 1. The van der Waals surface area contributed by atoms with Gasteiger partial charge in [-0.15, -0.1) is 0 Å². The van der Waals surface area contributed by atoms with Crippen LogP contribution in [0.2, 0.25) is 0 Å². The van der Waals surface area contributed by atoms with Crippen molar-refractivity contribution in [1.82, 2.24) is 4.98 Å². The fourth-order valence-corrected chi connectivity index (χ4v) is 1.85. The lowest BCUT2D eigenvalue weighted by Gasteiger charge is -2.06. The van der Waals surface area contributed by atoms with Gasteiger partial charge in [0.25, 0.3) is 6.43 Å². The number of rotatable bonds is 3. The van der Waals surface area contributed by atoms with E-state index in [-0.39, 0.29) is 14.8 Å².